The Hall–Kier alpha value is -1.67. The third-order valence-electron chi connectivity index (χ3n) is 3.27. The summed E-state index contributed by atoms with van der Waals surface area (Å²) in [5.41, 5.74) is 0. The van der Waals surface area contributed by atoms with Gasteiger partial charge in [0.15, 0.2) is 6.10 Å². The van der Waals surface area contributed by atoms with Gasteiger partial charge in [-0.1, -0.05) is 6.92 Å². The zero-order valence-corrected chi connectivity index (χ0v) is 15.2. The third kappa shape index (κ3) is 10.2. The Bertz CT molecular complexity index is 417. The van der Waals surface area contributed by atoms with E-state index in [1.54, 1.807) is 21.1 Å². The van der Waals surface area contributed by atoms with Gasteiger partial charge in [-0.15, -0.1) is 0 Å². The normalized spacial score (nSPS) is 13.9. The van der Waals surface area contributed by atoms with Crippen LogP contribution in [-0.2, 0) is 28.6 Å². The molecule has 0 bridgehead atoms. The van der Waals surface area contributed by atoms with E-state index in [-0.39, 0.29) is 37.1 Å². The molecular weight excluding hydrogens is 318 g/mol. The lowest BCUT2D eigenvalue weighted by molar-refractivity contribution is -0.889. The number of hydrogen-bond acceptors (Lipinski definition) is 7. The molecule has 0 aromatic heterocycles. The fraction of sp³-hybridized carbons (Fsp3) is 0.812. The van der Waals surface area contributed by atoms with E-state index < -0.39 is 30.1 Å². The number of nitrogens with zero attached hydrogens (tertiary/aromatic N) is 1. The molecule has 0 spiro atoms. The summed E-state index contributed by atoms with van der Waals surface area (Å²) in [6.45, 7) is 3.21. The van der Waals surface area contributed by atoms with E-state index in [9.17, 15) is 19.5 Å². The molecule has 2 unspecified atom stereocenters. The van der Waals surface area contributed by atoms with Crippen LogP contribution in [-0.4, -0.2) is 75.5 Å². The maximum atomic E-state index is 11.6. The van der Waals surface area contributed by atoms with Crippen LogP contribution < -0.4 is 5.11 Å². The summed E-state index contributed by atoms with van der Waals surface area (Å²) in [5, 5.41) is 11.2. The second-order valence-corrected chi connectivity index (χ2v) is 6.48. The Balaban J connectivity index is 4.40. The van der Waals surface area contributed by atoms with E-state index in [0.717, 1.165) is 0 Å². The van der Waals surface area contributed by atoms with Crippen molar-refractivity contribution in [3.8, 4) is 0 Å². The largest absolute Gasteiger partial charge is 0.544 e. The maximum absolute atomic E-state index is 11.6. The molecule has 0 N–H and O–H groups in total. The van der Waals surface area contributed by atoms with Crippen LogP contribution in [0.15, 0.2) is 0 Å². The SMILES string of the molecule is CCCC(=O)OC(COCCC(C(=O)[O-])[N+](C)(C)C)COC(C)=O. The number of esters is 2. The van der Waals surface area contributed by atoms with Gasteiger partial charge in [-0.2, -0.15) is 0 Å². The highest BCUT2D eigenvalue weighted by Crippen LogP contribution is 2.08. The van der Waals surface area contributed by atoms with Crippen LogP contribution in [0.4, 0.5) is 0 Å². The molecule has 0 aliphatic carbocycles. The van der Waals surface area contributed by atoms with Gasteiger partial charge in [0.05, 0.1) is 40.3 Å². The Kier molecular flexibility index (Phi) is 10.2. The van der Waals surface area contributed by atoms with Crippen molar-refractivity contribution < 1.29 is 38.2 Å². The summed E-state index contributed by atoms with van der Waals surface area (Å²) >= 11 is 0. The van der Waals surface area contributed by atoms with E-state index in [2.05, 4.69) is 0 Å². The first-order valence-corrected chi connectivity index (χ1v) is 8.00. The van der Waals surface area contributed by atoms with Crippen LogP contribution in [0.3, 0.4) is 0 Å². The molecule has 0 saturated heterocycles. The van der Waals surface area contributed by atoms with Crippen LogP contribution in [0, 0.1) is 0 Å². The molecule has 140 valence electrons. The molecule has 8 heteroatoms. The van der Waals surface area contributed by atoms with Crippen molar-refractivity contribution in [1.29, 1.82) is 0 Å². The van der Waals surface area contributed by atoms with E-state index in [1.807, 2.05) is 6.92 Å². The molecule has 24 heavy (non-hydrogen) atoms. The molecular formula is C16H29NO7. The zero-order valence-electron chi connectivity index (χ0n) is 15.2. The number of aliphatic carboxylic acids is 1. The lowest BCUT2D eigenvalue weighted by Gasteiger charge is -2.34. The van der Waals surface area contributed by atoms with Crippen LogP contribution in [0.2, 0.25) is 0 Å². The molecule has 0 aliphatic heterocycles. The Morgan fingerprint density at radius 2 is 1.75 bits per heavy atom. The summed E-state index contributed by atoms with van der Waals surface area (Å²) < 4.78 is 15.7. The summed E-state index contributed by atoms with van der Waals surface area (Å²) in [6, 6.07) is -0.709. The average molecular weight is 347 g/mol. The number of carbonyl (C=O) groups is 3. The van der Waals surface area contributed by atoms with Crippen molar-refractivity contribution in [3.05, 3.63) is 0 Å². The van der Waals surface area contributed by atoms with Crippen LogP contribution in [0.25, 0.3) is 0 Å². The van der Waals surface area contributed by atoms with E-state index >= 15 is 0 Å². The van der Waals surface area contributed by atoms with Gasteiger partial charge in [0, 0.05) is 19.8 Å². The van der Waals surface area contributed by atoms with Crippen molar-refractivity contribution >= 4 is 17.9 Å². The first-order chi connectivity index (χ1) is 11.1. The Labute approximate surface area is 143 Å². The fourth-order valence-electron chi connectivity index (χ4n) is 2.01. The first kappa shape index (κ1) is 22.3. The molecule has 8 nitrogen and oxygen atoms in total. The number of rotatable bonds is 12. The van der Waals surface area contributed by atoms with E-state index in [0.29, 0.717) is 6.42 Å². The molecule has 0 aromatic carbocycles. The Morgan fingerprint density at radius 3 is 2.21 bits per heavy atom. The number of carboxylic acid groups (broad SMARTS) is 1. The van der Waals surface area contributed by atoms with Gasteiger partial charge >= 0.3 is 11.9 Å². The number of ether oxygens (including phenoxy) is 3. The van der Waals surface area contributed by atoms with Crippen molar-refractivity contribution in [2.24, 2.45) is 0 Å². The van der Waals surface area contributed by atoms with Crippen LogP contribution in [0.5, 0.6) is 0 Å². The minimum Gasteiger partial charge on any atom is -0.544 e. The second-order valence-electron chi connectivity index (χ2n) is 6.48. The van der Waals surface area contributed by atoms with Gasteiger partial charge in [-0.25, -0.2) is 0 Å². The minimum absolute atomic E-state index is 0.0274. The number of hydrogen-bond donors (Lipinski definition) is 0. The van der Waals surface area contributed by atoms with E-state index in [1.165, 1.54) is 6.92 Å². The quantitative estimate of drug-likeness (QED) is 0.266. The highest BCUT2D eigenvalue weighted by atomic mass is 16.6. The highest BCUT2D eigenvalue weighted by Gasteiger charge is 2.25. The van der Waals surface area contributed by atoms with Crippen molar-refractivity contribution in [3.63, 3.8) is 0 Å². The molecule has 0 saturated carbocycles. The predicted molar refractivity (Wildman–Crippen MR) is 83.7 cm³/mol. The van der Waals surface area contributed by atoms with Gasteiger partial charge in [-0.3, -0.25) is 9.59 Å². The molecule has 0 aliphatic rings. The van der Waals surface area contributed by atoms with Crippen molar-refractivity contribution in [2.45, 2.75) is 45.3 Å². The van der Waals surface area contributed by atoms with Crippen molar-refractivity contribution in [2.75, 3.05) is 41.0 Å². The standard InChI is InChI=1S/C16H29NO7/c1-6-7-15(19)24-13(11-23-12(2)18)10-22-9-8-14(16(20)21)17(3,4)5/h13-14H,6-11H2,1-5H3. The van der Waals surface area contributed by atoms with Crippen LogP contribution in [0.1, 0.15) is 33.1 Å². The summed E-state index contributed by atoms with van der Waals surface area (Å²) in [4.78, 5) is 33.6. The van der Waals surface area contributed by atoms with Gasteiger partial charge in [0.25, 0.3) is 0 Å². The van der Waals surface area contributed by atoms with E-state index in [4.69, 9.17) is 14.2 Å². The lowest BCUT2D eigenvalue weighted by Crippen LogP contribution is -2.55. The first-order valence-electron chi connectivity index (χ1n) is 8.00. The molecule has 0 fully saturated rings. The zero-order chi connectivity index (χ0) is 18.8. The number of carboxylic acids is 1. The maximum Gasteiger partial charge on any atom is 0.306 e. The number of likely N-dealkylation sites (N-methyl/N-ethyl adjacent to an activating group) is 1. The summed E-state index contributed by atoms with van der Waals surface area (Å²) in [6.07, 6.45) is 0.467. The third-order valence-corrected chi connectivity index (χ3v) is 3.27. The predicted octanol–water partition coefficient (Wildman–Crippen LogP) is -0.507. The van der Waals surface area contributed by atoms with Gasteiger partial charge in [0.2, 0.25) is 0 Å². The lowest BCUT2D eigenvalue weighted by atomic mass is 10.1. The fourth-order valence-corrected chi connectivity index (χ4v) is 2.01. The molecule has 2 atom stereocenters. The van der Waals surface area contributed by atoms with Gasteiger partial charge in [0.1, 0.15) is 12.6 Å². The smallest absolute Gasteiger partial charge is 0.306 e. The van der Waals surface area contributed by atoms with Gasteiger partial charge in [-0.05, 0) is 6.42 Å². The topological polar surface area (TPSA) is 102 Å². The molecule has 0 heterocycles. The number of carbonyl (C=O) groups excluding carboxylic acids is 3. The molecule has 0 amide bonds. The summed E-state index contributed by atoms with van der Waals surface area (Å²) in [7, 11) is 5.28. The summed E-state index contributed by atoms with van der Waals surface area (Å²) in [5.74, 6) is -2.01. The average Bonchev–Trinajstić information content (AvgIpc) is 2.42. The minimum atomic E-state index is -1.14. The van der Waals surface area contributed by atoms with Gasteiger partial charge < -0.3 is 28.6 Å². The highest BCUT2D eigenvalue weighted by molar-refractivity contribution is 5.70. The van der Waals surface area contributed by atoms with Crippen LogP contribution >= 0.6 is 0 Å². The van der Waals surface area contributed by atoms with Crippen molar-refractivity contribution in [1.82, 2.24) is 0 Å². The second kappa shape index (κ2) is 11.0. The molecule has 0 aromatic rings. The molecule has 0 rings (SSSR count). The number of quaternary nitrogens is 1. The molecule has 0 radical (unpaired) electrons. The monoisotopic (exact) mass is 347 g/mol. The Morgan fingerprint density at radius 1 is 1.12 bits per heavy atom.